The lowest BCUT2D eigenvalue weighted by Crippen LogP contribution is -2.59. The Morgan fingerprint density at radius 1 is 1.17 bits per heavy atom. The third-order valence-electron chi connectivity index (χ3n) is 8.28. The molecule has 0 radical (unpaired) electrons. The lowest BCUT2D eigenvalue weighted by molar-refractivity contribution is -0.0694. The molecule has 4 bridgehead atoms. The summed E-state index contributed by atoms with van der Waals surface area (Å²) in [5.41, 5.74) is 1.77. The molecule has 8 nitrogen and oxygen atoms in total. The van der Waals surface area contributed by atoms with Crippen molar-refractivity contribution in [2.24, 2.45) is 23.2 Å². The number of nitrogens with one attached hydrogen (secondary N) is 3. The highest BCUT2D eigenvalue weighted by Crippen LogP contribution is 2.60. The molecule has 3 unspecified atom stereocenters. The van der Waals surface area contributed by atoms with E-state index in [1.54, 1.807) is 13.3 Å². The minimum atomic E-state index is 0.251. The second kappa shape index (κ2) is 10.4. The molecule has 6 rings (SSSR count). The zero-order valence-corrected chi connectivity index (χ0v) is 20.5. The van der Waals surface area contributed by atoms with Gasteiger partial charge in [0.15, 0.2) is 0 Å². The number of rotatable bonds is 11. The zero-order chi connectivity index (χ0) is 24.3. The van der Waals surface area contributed by atoms with E-state index in [9.17, 15) is 5.26 Å². The van der Waals surface area contributed by atoms with E-state index in [-0.39, 0.29) is 12.0 Å². The first-order valence-corrected chi connectivity index (χ1v) is 12.8. The summed E-state index contributed by atoms with van der Waals surface area (Å²) in [6, 6.07) is 10.7. The van der Waals surface area contributed by atoms with E-state index in [1.807, 2.05) is 24.3 Å². The average Bonchev–Trinajstić information content (AvgIpc) is 2.87. The molecule has 4 aliphatic rings. The quantitative estimate of drug-likeness (QED) is 0.364. The number of anilines is 2. The van der Waals surface area contributed by atoms with Crippen molar-refractivity contribution >= 4 is 11.8 Å². The van der Waals surface area contributed by atoms with Crippen LogP contribution in [-0.4, -0.2) is 47.9 Å². The van der Waals surface area contributed by atoms with E-state index in [1.165, 1.54) is 32.1 Å². The van der Waals surface area contributed by atoms with Crippen LogP contribution in [0.15, 0.2) is 30.5 Å². The summed E-state index contributed by atoms with van der Waals surface area (Å²) in [4.78, 5) is 9.01. The molecule has 0 amide bonds. The molecular weight excluding hydrogens is 440 g/mol. The van der Waals surface area contributed by atoms with Gasteiger partial charge in [0.1, 0.15) is 23.2 Å². The summed E-state index contributed by atoms with van der Waals surface area (Å²) in [7, 11) is 1.66. The van der Waals surface area contributed by atoms with Crippen LogP contribution in [0.25, 0.3) is 0 Å². The third-order valence-corrected chi connectivity index (χ3v) is 8.28. The summed E-state index contributed by atoms with van der Waals surface area (Å²) >= 11 is 0. The molecule has 0 spiro atoms. The van der Waals surface area contributed by atoms with Crippen LogP contribution >= 0.6 is 0 Å². The van der Waals surface area contributed by atoms with E-state index in [2.05, 4.69) is 32.0 Å². The number of hydrogen-bond acceptors (Lipinski definition) is 8. The number of nitriles is 1. The van der Waals surface area contributed by atoms with E-state index in [4.69, 9.17) is 9.84 Å². The molecule has 35 heavy (non-hydrogen) atoms. The van der Waals surface area contributed by atoms with Crippen LogP contribution in [-0.2, 0) is 6.54 Å². The second-order valence-electron chi connectivity index (χ2n) is 10.6. The van der Waals surface area contributed by atoms with Crippen molar-refractivity contribution < 1.29 is 9.84 Å². The number of nitrogens with zero attached hydrogens (tertiary/aromatic N) is 3. The number of methoxy groups -OCH3 is 1. The molecule has 5 atom stereocenters. The van der Waals surface area contributed by atoms with Gasteiger partial charge in [-0.25, -0.2) is 4.98 Å². The minimum absolute atomic E-state index is 0.251. The summed E-state index contributed by atoms with van der Waals surface area (Å²) in [5, 5.41) is 29.4. The zero-order valence-electron chi connectivity index (χ0n) is 20.5. The topological polar surface area (TPSA) is 115 Å². The molecule has 8 heteroatoms. The van der Waals surface area contributed by atoms with Gasteiger partial charge in [-0.1, -0.05) is 18.2 Å². The molecule has 1 aromatic carbocycles. The summed E-state index contributed by atoms with van der Waals surface area (Å²) in [6.45, 7) is 2.54. The molecule has 1 heterocycles. The van der Waals surface area contributed by atoms with Crippen LogP contribution in [0.4, 0.5) is 11.8 Å². The Balaban J connectivity index is 1.24. The number of benzene rings is 1. The minimum Gasteiger partial charge on any atom is -0.496 e. The standard InChI is InChI=1S/C27H36N6O2/c1-35-23-6-3-2-5-19(23)15-30-26-31-16-22(14-28)25(33-26)32-17-27-11-18-9-20(12-27)24(21(10-18)13-27)29-7-4-8-34/h2-3,5-6,16,18,20-21,24,29,34H,4,7-13,15,17H2,1H3,(H2,30,31,32,33)/t18?,20-,21+,24?,27?. The van der Waals surface area contributed by atoms with Gasteiger partial charge >= 0.3 is 0 Å². The predicted octanol–water partition coefficient (Wildman–Crippen LogP) is 3.55. The van der Waals surface area contributed by atoms with Crippen LogP contribution in [0.1, 0.15) is 49.7 Å². The smallest absolute Gasteiger partial charge is 0.224 e. The van der Waals surface area contributed by atoms with Crippen molar-refractivity contribution in [1.82, 2.24) is 15.3 Å². The average molecular weight is 477 g/mol. The van der Waals surface area contributed by atoms with Gasteiger partial charge in [0.2, 0.25) is 5.95 Å². The normalized spacial score (nSPS) is 28.5. The lowest BCUT2D eigenvalue weighted by Gasteiger charge is -2.60. The van der Waals surface area contributed by atoms with Crippen molar-refractivity contribution in [1.29, 1.82) is 5.26 Å². The van der Waals surface area contributed by atoms with Gasteiger partial charge in [-0.2, -0.15) is 10.2 Å². The van der Waals surface area contributed by atoms with E-state index in [0.717, 1.165) is 36.7 Å². The molecule has 1 aromatic heterocycles. The number of aromatic nitrogens is 2. The van der Waals surface area contributed by atoms with Crippen molar-refractivity contribution in [2.45, 2.75) is 51.1 Å². The van der Waals surface area contributed by atoms with Crippen LogP contribution in [0.3, 0.4) is 0 Å². The maximum Gasteiger partial charge on any atom is 0.224 e. The van der Waals surface area contributed by atoms with E-state index >= 15 is 0 Å². The third kappa shape index (κ3) is 5.07. The van der Waals surface area contributed by atoms with Gasteiger partial charge in [-0.05, 0) is 74.3 Å². The van der Waals surface area contributed by atoms with Crippen molar-refractivity contribution in [2.75, 3.05) is 37.4 Å². The number of aliphatic hydroxyl groups is 1. The molecule has 4 aliphatic carbocycles. The monoisotopic (exact) mass is 476 g/mol. The molecule has 0 saturated heterocycles. The van der Waals surface area contributed by atoms with Crippen LogP contribution in [0.5, 0.6) is 5.75 Å². The highest BCUT2D eigenvalue weighted by molar-refractivity contribution is 5.53. The highest BCUT2D eigenvalue weighted by atomic mass is 16.5. The van der Waals surface area contributed by atoms with Gasteiger partial charge in [0.05, 0.1) is 13.3 Å². The van der Waals surface area contributed by atoms with E-state index in [0.29, 0.717) is 41.8 Å². The first kappa shape index (κ1) is 23.8. The largest absolute Gasteiger partial charge is 0.496 e. The Hall–Kier alpha value is -2.89. The molecule has 0 aliphatic heterocycles. The molecule has 4 N–H and O–H groups in total. The molecule has 4 saturated carbocycles. The van der Waals surface area contributed by atoms with Gasteiger partial charge in [-0.3, -0.25) is 0 Å². The van der Waals surface area contributed by atoms with Crippen LogP contribution < -0.4 is 20.7 Å². The molecule has 186 valence electrons. The molecule has 2 aromatic rings. The lowest BCUT2D eigenvalue weighted by atomic mass is 9.48. The fraction of sp³-hybridized carbons (Fsp3) is 0.593. The molecular formula is C27H36N6O2. The first-order valence-electron chi connectivity index (χ1n) is 12.8. The fourth-order valence-electron chi connectivity index (χ4n) is 7.07. The van der Waals surface area contributed by atoms with Gasteiger partial charge in [0, 0.05) is 31.3 Å². The highest BCUT2D eigenvalue weighted by Gasteiger charge is 2.54. The fourth-order valence-corrected chi connectivity index (χ4v) is 7.07. The van der Waals surface area contributed by atoms with Gasteiger partial charge < -0.3 is 25.8 Å². The first-order chi connectivity index (χ1) is 17.1. The number of para-hydroxylation sites is 1. The Bertz CT molecular complexity index is 1050. The Kier molecular flexibility index (Phi) is 7.07. The maximum atomic E-state index is 9.65. The van der Waals surface area contributed by atoms with E-state index < -0.39 is 0 Å². The van der Waals surface area contributed by atoms with Crippen molar-refractivity contribution in [3.05, 3.63) is 41.6 Å². The van der Waals surface area contributed by atoms with Crippen LogP contribution in [0, 0.1) is 34.5 Å². The number of aliphatic hydroxyl groups excluding tert-OH is 1. The van der Waals surface area contributed by atoms with Gasteiger partial charge in [-0.15, -0.1) is 0 Å². The van der Waals surface area contributed by atoms with Crippen molar-refractivity contribution in [3.63, 3.8) is 0 Å². The Labute approximate surface area is 207 Å². The number of ether oxygens (including phenoxy) is 1. The second-order valence-corrected chi connectivity index (χ2v) is 10.6. The van der Waals surface area contributed by atoms with Crippen molar-refractivity contribution in [3.8, 4) is 11.8 Å². The Morgan fingerprint density at radius 2 is 1.97 bits per heavy atom. The van der Waals surface area contributed by atoms with Crippen LogP contribution in [0.2, 0.25) is 0 Å². The summed E-state index contributed by atoms with van der Waals surface area (Å²) in [5.74, 6) is 4.15. The molecule has 4 fully saturated rings. The van der Waals surface area contributed by atoms with Gasteiger partial charge in [0.25, 0.3) is 0 Å². The Morgan fingerprint density at radius 3 is 2.71 bits per heavy atom. The number of hydrogen-bond donors (Lipinski definition) is 4. The maximum absolute atomic E-state index is 9.65. The summed E-state index contributed by atoms with van der Waals surface area (Å²) < 4.78 is 5.43. The summed E-state index contributed by atoms with van der Waals surface area (Å²) in [6.07, 6.45) is 8.77. The SMILES string of the molecule is COc1ccccc1CNc1ncc(C#N)c(NCC23CC4C[C@H](C2)C(NCCCO)[C@@H](C4)C3)n1. The predicted molar refractivity (Wildman–Crippen MR) is 135 cm³/mol.